The number of nitrogens with one attached hydrogen (secondary N) is 1. The van der Waals surface area contributed by atoms with Crippen LogP contribution in [0.1, 0.15) is 23.6 Å². The standard InChI is InChI=1S/C23H26N2O3.ClH/c1-27-21-11-7-16(13-22(21)28-2)8-12-23(26)25-20(15-24)19-10-9-17-5-3-4-6-18(17)14-19;/h3-7,9-11,13-14,20H,8,12,15,24H2,1-2H3,(H,25,26);1H. The topological polar surface area (TPSA) is 73.6 Å². The highest BCUT2D eigenvalue weighted by Crippen LogP contribution is 2.28. The van der Waals surface area contributed by atoms with Crippen LogP contribution in [0.15, 0.2) is 60.7 Å². The summed E-state index contributed by atoms with van der Waals surface area (Å²) < 4.78 is 10.6. The molecule has 1 amide bonds. The Kier molecular flexibility index (Phi) is 8.31. The SMILES string of the molecule is COc1ccc(CCC(=O)NC(CN)c2ccc3ccccc3c2)cc1OC.Cl. The summed E-state index contributed by atoms with van der Waals surface area (Å²) in [6, 6.07) is 19.8. The quantitative estimate of drug-likeness (QED) is 0.583. The van der Waals surface area contributed by atoms with E-state index in [-0.39, 0.29) is 24.4 Å². The second kappa shape index (κ2) is 10.7. The summed E-state index contributed by atoms with van der Waals surface area (Å²) in [5, 5.41) is 5.35. The van der Waals surface area contributed by atoms with Crippen LogP contribution in [0.25, 0.3) is 10.8 Å². The third-order valence-electron chi connectivity index (χ3n) is 4.84. The largest absolute Gasteiger partial charge is 0.493 e. The van der Waals surface area contributed by atoms with E-state index in [4.69, 9.17) is 15.2 Å². The third kappa shape index (κ3) is 5.62. The molecule has 0 saturated heterocycles. The van der Waals surface area contributed by atoms with Gasteiger partial charge in [0.05, 0.1) is 20.3 Å². The van der Waals surface area contributed by atoms with E-state index in [1.165, 1.54) is 5.39 Å². The summed E-state index contributed by atoms with van der Waals surface area (Å²) >= 11 is 0. The summed E-state index contributed by atoms with van der Waals surface area (Å²) in [6.45, 7) is 0.348. The fraction of sp³-hybridized carbons (Fsp3) is 0.261. The first-order valence-electron chi connectivity index (χ1n) is 9.33. The van der Waals surface area contributed by atoms with Crippen LogP contribution in [0.5, 0.6) is 11.5 Å². The van der Waals surface area contributed by atoms with E-state index in [0.29, 0.717) is 30.9 Å². The number of hydrogen-bond donors (Lipinski definition) is 2. The van der Waals surface area contributed by atoms with E-state index in [0.717, 1.165) is 16.5 Å². The van der Waals surface area contributed by atoms with Gasteiger partial charge >= 0.3 is 0 Å². The molecule has 0 heterocycles. The number of aryl methyl sites for hydroxylation is 1. The van der Waals surface area contributed by atoms with E-state index in [1.54, 1.807) is 14.2 Å². The number of carbonyl (C=O) groups is 1. The molecular formula is C23H27ClN2O3. The van der Waals surface area contributed by atoms with Gasteiger partial charge in [0.25, 0.3) is 0 Å². The van der Waals surface area contributed by atoms with Gasteiger partial charge in [-0.3, -0.25) is 4.79 Å². The Labute approximate surface area is 177 Å². The average molecular weight is 415 g/mol. The van der Waals surface area contributed by atoms with Crippen LogP contribution in [-0.2, 0) is 11.2 Å². The van der Waals surface area contributed by atoms with Crippen molar-refractivity contribution in [2.24, 2.45) is 5.73 Å². The van der Waals surface area contributed by atoms with E-state index >= 15 is 0 Å². The van der Waals surface area contributed by atoms with Gasteiger partial charge in [-0.2, -0.15) is 0 Å². The first kappa shape index (κ1) is 22.5. The number of rotatable bonds is 8. The number of amides is 1. The number of benzene rings is 3. The number of ether oxygens (including phenoxy) is 2. The molecule has 5 nitrogen and oxygen atoms in total. The Balaban J connectivity index is 0.00000300. The van der Waals surface area contributed by atoms with Gasteiger partial charge < -0.3 is 20.5 Å². The molecule has 3 aromatic carbocycles. The summed E-state index contributed by atoms with van der Waals surface area (Å²) in [4.78, 5) is 12.5. The van der Waals surface area contributed by atoms with Crippen LogP contribution in [0, 0.1) is 0 Å². The van der Waals surface area contributed by atoms with Crippen molar-refractivity contribution in [2.45, 2.75) is 18.9 Å². The zero-order valence-electron chi connectivity index (χ0n) is 16.7. The van der Waals surface area contributed by atoms with E-state index in [9.17, 15) is 4.79 Å². The van der Waals surface area contributed by atoms with Gasteiger partial charge in [0.1, 0.15) is 0 Å². The molecule has 0 radical (unpaired) electrons. The van der Waals surface area contributed by atoms with Gasteiger partial charge in [-0.05, 0) is 46.5 Å². The molecule has 6 heteroatoms. The van der Waals surface area contributed by atoms with Crippen molar-refractivity contribution in [3.63, 3.8) is 0 Å². The minimum atomic E-state index is -0.206. The molecule has 0 saturated carbocycles. The molecular weight excluding hydrogens is 388 g/mol. The number of nitrogens with two attached hydrogens (primary N) is 1. The van der Waals surface area contributed by atoms with Crippen LogP contribution >= 0.6 is 12.4 Å². The lowest BCUT2D eigenvalue weighted by Crippen LogP contribution is -2.33. The van der Waals surface area contributed by atoms with Gasteiger partial charge in [-0.1, -0.05) is 42.5 Å². The second-order valence-corrected chi connectivity index (χ2v) is 6.65. The molecule has 0 bridgehead atoms. The molecule has 0 spiro atoms. The molecule has 1 unspecified atom stereocenters. The van der Waals surface area contributed by atoms with Crippen molar-refractivity contribution in [3.05, 3.63) is 71.8 Å². The van der Waals surface area contributed by atoms with Crippen LogP contribution < -0.4 is 20.5 Å². The number of hydrogen-bond acceptors (Lipinski definition) is 4. The highest BCUT2D eigenvalue weighted by molar-refractivity contribution is 5.85. The summed E-state index contributed by atoms with van der Waals surface area (Å²) in [5.41, 5.74) is 7.96. The monoisotopic (exact) mass is 414 g/mol. The molecule has 3 N–H and O–H groups in total. The van der Waals surface area contributed by atoms with Crippen molar-refractivity contribution >= 4 is 29.1 Å². The Morgan fingerprint density at radius 3 is 2.38 bits per heavy atom. The molecule has 1 atom stereocenters. The number of halogens is 1. The van der Waals surface area contributed by atoms with Gasteiger partial charge in [0.15, 0.2) is 11.5 Å². The Hall–Kier alpha value is -2.76. The zero-order chi connectivity index (χ0) is 19.9. The normalized spacial score (nSPS) is 11.4. The smallest absolute Gasteiger partial charge is 0.220 e. The second-order valence-electron chi connectivity index (χ2n) is 6.65. The fourth-order valence-corrected chi connectivity index (χ4v) is 3.26. The molecule has 0 aliphatic heterocycles. The Morgan fingerprint density at radius 1 is 0.966 bits per heavy atom. The van der Waals surface area contributed by atoms with Crippen molar-refractivity contribution in [3.8, 4) is 11.5 Å². The lowest BCUT2D eigenvalue weighted by atomic mass is 10.0. The lowest BCUT2D eigenvalue weighted by molar-refractivity contribution is -0.121. The predicted octanol–water partition coefficient (Wildman–Crippen LogP) is 4.03. The molecule has 3 aromatic rings. The van der Waals surface area contributed by atoms with Crippen molar-refractivity contribution < 1.29 is 14.3 Å². The molecule has 0 aliphatic rings. The molecule has 0 aromatic heterocycles. The zero-order valence-corrected chi connectivity index (χ0v) is 17.5. The van der Waals surface area contributed by atoms with Gasteiger partial charge in [-0.25, -0.2) is 0 Å². The Bertz CT molecular complexity index is 962. The average Bonchev–Trinajstić information content (AvgIpc) is 2.75. The van der Waals surface area contributed by atoms with Gasteiger partial charge in [0.2, 0.25) is 5.91 Å². The maximum absolute atomic E-state index is 12.5. The third-order valence-corrected chi connectivity index (χ3v) is 4.84. The maximum Gasteiger partial charge on any atom is 0.220 e. The van der Waals surface area contributed by atoms with E-state index in [1.807, 2.05) is 36.4 Å². The first-order valence-corrected chi connectivity index (χ1v) is 9.33. The van der Waals surface area contributed by atoms with Crippen LogP contribution in [-0.4, -0.2) is 26.7 Å². The van der Waals surface area contributed by atoms with Crippen LogP contribution in [0.2, 0.25) is 0 Å². The molecule has 3 rings (SSSR count). The van der Waals surface area contributed by atoms with E-state index in [2.05, 4.69) is 29.6 Å². The minimum absolute atomic E-state index is 0. The Morgan fingerprint density at radius 2 is 1.69 bits per heavy atom. The van der Waals surface area contributed by atoms with Crippen molar-refractivity contribution in [1.29, 1.82) is 0 Å². The fourth-order valence-electron chi connectivity index (χ4n) is 3.26. The molecule has 0 aliphatic carbocycles. The first-order chi connectivity index (χ1) is 13.6. The minimum Gasteiger partial charge on any atom is -0.493 e. The molecule has 154 valence electrons. The summed E-state index contributed by atoms with van der Waals surface area (Å²) in [5.74, 6) is 1.31. The maximum atomic E-state index is 12.5. The van der Waals surface area contributed by atoms with Gasteiger partial charge in [-0.15, -0.1) is 12.4 Å². The summed E-state index contributed by atoms with van der Waals surface area (Å²) in [6.07, 6.45) is 0.987. The van der Waals surface area contributed by atoms with Gasteiger partial charge in [0, 0.05) is 13.0 Å². The van der Waals surface area contributed by atoms with Crippen LogP contribution in [0.4, 0.5) is 0 Å². The highest BCUT2D eigenvalue weighted by Gasteiger charge is 2.14. The van der Waals surface area contributed by atoms with Crippen molar-refractivity contribution in [2.75, 3.05) is 20.8 Å². The number of methoxy groups -OCH3 is 2. The van der Waals surface area contributed by atoms with E-state index < -0.39 is 0 Å². The molecule has 0 fully saturated rings. The highest BCUT2D eigenvalue weighted by atomic mass is 35.5. The number of carbonyl (C=O) groups excluding carboxylic acids is 1. The van der Waals surface area contributed by atoms with Crippen molar-refractivity contribution in [1.82, 2.24) is 5.32 Å². The lowest BCUT2D eigenvalue weighted by Gasteiger charge is -2.18. The number of fused-ring (bicyclic) bond motifs is 1. The molecule has 29 heavy (non-hydrogen) atoms. The van der Waals surface area contributed by atoms with Crippen LogP contribution in [0.3, 0.4) is 0 Å². The summed E-state index contributed by atoms with van der Waals surface area (Å²) in [7, 11) is 3.20. The predicted molar refractivity (Wildman–Crippen MR) is 119 cm³/mol.